The van der Waals surface area contributed by atoms with Crippen molar-refractivity contribution in [1.82, 2.24) is 0 Å². The van der Waals surface area contributed by atoms with Gasteiger partial charge in [-0.1, -0.05) is 6.92 Å². The van der Waals surface area contributed by atoms with E-state index in [1.54, 1.807) is 0 Å². The van der Waals surface area contributed by atoms with Crippen LogP contribution < -0.4 is 0 Å². The summed E-state index contributed by atoms with van der Waals surface area (Å²) in [6, 6.07) is 0. The molecule has 1 aliphatic rings. The molecule has 0 N–H and O–H groups in total. The molecule has 0 bridgehead atoms. The molecule has 1 aliphatic heterocycles. The molecule has 0 amide bonds. The number of ether oxygens (including phenoxy) is 4. The van der Waals surface area contributed by atoms with Gasteiger partial charge in [-0.05, 0) is 0 Å². The van der Waals surface area contributed by atoms with Crippen molar-refractivity contribution in [2.45, 2.75) is 20.3 Å². The van der Waals surface area contributed by atoms with E-state index in [4.69, 9.17) is 14.2 Å². The summed E-state index contributed by atoms with van der Waals surface area (Å²) in [7, 11) is 0. The molecule has 1 saturated heterocycles. The van der Waals surface area contributed by atoms with Gasteiger partial charge < -0.3 is 18.9 Å². The summed E-state index contributed by atoms with van der Waals surface area (Å²) in [6.07, 6.45) is 0.205. The Morgan fingerprint density at radius 2 is 1.89 bits per heavy atom. The zero-order valence-corrected chi connectivity index (χ0v) is 10.9. The second-order valence-corrected chi connectivity index (χ2v) is 4.67. The predicted molar refractivity (Wildman–Crippen MR) is 62.0 cm³/mol. The van der Waals surface area contributed by atoms with Crippen LogP contribution in [0, 0.1) is 5.41 Å². The molecule has 6 nitrogen and oxygen atoms in total. The van der Waals surface area contributed by atoms with Gasteiger partial charge in [0.05, 0.1) is 32.8 Å². The zero-order chi connectivity index (χ0) is 13.4. The van der Waals surface area contributed by atoms with Gasteiger partial charge >= 0.3 is 11.9 Å². The van der Waals surface area contributed by atoms with Crippen LogP contribution in [0.4, 0.5) is 0 Å². The van der Waals surface area contributed by atoms with Gasteiger partial charge in [0.2, 0.25) is 0 Å². The van der Waals surface area contributed by atoms with Crippen LogP contribution in [0.2, 0.25) is 0 Å². The monoisotopic (exact) mass is 260 g/mol. The van der Waals surface area contributed by atoms with Gasteiger partial charge in [-0.25, -0.2) is 0 Å². The lowest BCUT2D eigenvalue weighted by Gasteiger charge is -2.37. The molecule has 0 unspecified atom stereocenters. The van der Waals surface area contributed by atoms with Gasteiger partial charge in [-0.15, -0.1) is 0 Å². The summed E-state index contributed by atoms with van der Waals surface area (Å²) in [4.78, 5) is 21.8. The Hall–Kier alpha value is -1.14. The first kappa shape index (κ1) is 14.9. The molecule has 0 aromatic rings. The first-order valence-corrected chi connectivity index (χ1v) is 5.96. The summed E-state index contributed by atoms with van der Waals surface area (Å²) in [5.74, 6) is -0.621. The highest BCUT2D eigenvalue weighted by Crippen LogP contribution is 2.26. The fourth-order valence-corrected chi connectivity index (χ4v) is 1.36. The van der Waals surface area contributed by atoms with E-state index >= 15 is 0 Å². The van der Waals surface area contributed by atoms with Crippen molar-refractivity contribution < 1.29 is 28.5 Å². The van der Waals surface area contributed by atoms with E-state index < -0.39 is 0 Å². The van der Waals surface area contributed by atoms with Gasteiger partial charge in [0.15, 0.2) is 0 Å². The van der Waals surface area contributed by atoms with E-state index in [-0.39, 0.29) is 37.0 Å². The van der Waals surface area contributed by atoms with E-state index in [9.17, 15) is 9.59 Å². The van der Waals surface area contributed by atoms with E-state index in [1.807, 2.05) is 6.92 Å². The third kappa shape index (κ3) is 5.97. The zero-order valence-electron chi connectivity index (χ0n) is 10.9. The summed E-state index contributed by atoms with van der Waals surface area (Å²) in [5.41, 5.74) is -0.0220. The van der Waals surface area contributed by atoms with Crippen molar-refractivity contribution in [3.05, 3.63) is 0 Å². The lowest BCUT2D eigenvalue weighted by Crippen LogP contribution is -2.44. The van der Waals surface area contributed by atoms with Gasteiger partial charge in [0.25, 0.3) is 0 Å². The van der Waals surface area contributed by atoms with Crippen LogP contribution in [0.15, 0.2) is 0 Å². The first-order chi connectivity index (χ1) is 8.52. The average molecular weight is 260 g/mol. The third-order valence-corrected chi connectivity index (χ3v) is 2.47. The fraction of sp³-hybridized carbons (Fsp3) is 0.833. The van der Waals surface area contributed by atoms with Crippen LogP contribution in [0.1, 0.15) is 20.3 Å². The molecular weight excluding hydrogens is 240 g/mol. The van der Waals surface area contributed by atoms with Gasteiger partial charge in [0, 0.05) is 12.3 Å². The van der Waals surface area contributed by atoms with Gasteiger partial charge in [-0.2, -0.15) is 0 Å². The second kappa shape index (κ2) is 7.33. The lowest BCUT2D eigenvalue weighted by atomic mass is 9.90. The number of hydrogen-bond acceptors (Lipinski definition) is 6. The maximum absolute atomic E-state index is 11.3. The molecule has 6 heteroatoms. The minimum absolute atomic E-state index is 0.0220. The van der Waals surface area contributed by atoms with Crippen molar-refractivity contribution in [2.24, 2.45) is 5.41 Å². The molecule has 1 fully saturated rings. The van der Waals surface area contributed by atoms with Crippen LogP contribution in [0.5, 0.6) is 0 Å². The SMILES string of the molecule is CC(=O)OCCOCCC(=O)OCC1(C)COC1. The summed E-state index contributed by atoms with van der Waals surface area (Å²) in [6.45, 7) is 5.78. The van der Waals surface area contributed by atoms with Crippen LogP contribution in [-0.4, -0.2) is 51.6 Å². The Labute approximate surface area is 107 Å². The topological polar surface area (TPSA) is 71.1 Å². The van der Waals surface area contributed by atoms with Crippen molar-refractivity contribution in [2.75, 3.05) is 39.6 Å². The number of esters is 2. The highest BCUT2D eigenvalue weighted by Gasteiger charge is 2.34. The number of rotatable bonds is 8. The predicted octanol–water partition coefficient (Wildman–Crippen LogP) is 0.536. The minimum atomic E-state index is -0.339. The van der Waals surface area contributed by atoms with Crippen LogP contribution >= 0.6 is 0 Å². The van der Waals surface area contributed by atoms with Crippen molar-refractivity contribution in [3.63, 3.8) is 0 Å². The molecule has 0 aromatic heterocycles. The largest absolute Gasteiger partial charge is 0.465 e. The molecule has 0 atom stereocenters. The Bertz CT molecular complexity index is 284. The summed E-state index contributed by atoms with van der Waals surface area (Å²) in [5, 5.41) is 0. The maximum Gasteiger partial charge on any atom is 0.308 e. The van der Waals surface area contributed by atoms with Crippen molar-refractivity contribution in [1.29, 1.82) is 0 Å². The van der Waals surface area contributed by atoms with Crippen molar-refractivity contribution >= 4 is 11.9 Å². The molecule has 0 radical (unpaired) electrons. The van der Waals surface area contributed by atoms with Crippen molar-refractivity contribution in [3.8, 4) is 0 Å². The molecular formula is C12H20O6. The highest BCUT2D eigenvalue weighted by molar-refractivity contribution is 5.69. The Balaban J connectivity index is 1.92. The first-order valence-electron chi connectivity index (χ1n) is 5.96. The molecule has 18 heavy (non-hydrogen) atoms. The number of carbonyl (C=O) groups is 2. The summed E-state index contributed by atoms with van der Waals surface area (Å²) < 4.78 is 20.0. The average Bonchev–Trinajstić information content (AvgIpc) is 2.28. The third-order valence-electron chi connectivity index (χ3n) is 2.47. The molecule has 0 aliphatic carbocycles. The van der Waals surface area contributed by atoms with Crippen LogP contribution in [0.25, 0.3) is 0 Å². The minimum Gasteiger partial charge on any atom is -0.465 e. The Morgan fingerprint density at radius 1 is 1.17 bits per heavy atom. The lowest BCUT2D eigenvalue weighted by molar-refractivity contribution is -0.166. The molecule has 104 valence electrons. The Kier molecular flexibility index (Phi) is 6.07. The molecule has 0 saturated carbocycles. The smallest absolute Gasteiger partial charge is 0.308 e. The molecule has 0 aromatic carbocycles. The maximum atomic E-state index is 11.3. The molecule has 1 heterocycles. The van der Waals surface area contributed by atoms with E-state index in [0.29, 0.717) is 26.4 Å². The number of carbonyl (C=O) groups excluding carboxylic acids is 2. The van der Waals surface area contributed by atoms with E-state index in [2.05, 4.69) is 4.74 Å². The Morgan fingerprint density at radius 3 is 2.44 bits per heavy atom. The second-order valence-electron chi connectivity index (χ2n) is 4.67. The molecule has 1 rings (SSSR count). The molecule has 0 spiro atoms. The van der Waals surface area contributed by atoms with E-state index in [1.165, 1.54) is 6.92 Å². The standard InChI is InChI=1S/C12H20O6/c1-10(13)17-6-5-15-4-3-11(14)18-9-12(2)7-16-8-12/h3-9H2,1-2H3. The van der Waals surface area contributed by atoms with Gasteiger partial charge in [0.1, 0.15) is 13.2 Å². The fourth-order valence-electron chi connectivity index (χ4n) is 1.36. The number of hydrogen-bond donors (Lipinski definition) is 0. The quantitative estimate of drug-likeness (QED) is 0.468. The summed E-state index contributed by atoms with van der Waals surface area (Å²) >= 11 is 0. The van der Waals surface area contributed by atoms with E-state index in [0.717, 1.165) is 0 Å². The normalized spacial score (nSPS) is 16.8. The highest BCUT2D eigenvalue weighted by atomic mass is 16.6. The van der Waals surface area contributed by atoms with Gasteiger partial charge in [-0.3, -0.25) is 9.59 Å². The van der Waals surface area contributed by atoms with Crippen LogP contribution in [0.3, 0.4) is 0 Å². The van der Waals surface area contributed by atoms with Crippen LogP contribution in [-0.2, 0) is 28.5 Å².